The van der Waals surface area contributed by atoms with Crippen molar-refractivity contribution in [1.29, 1.82) is 0 Å². The molecule has 0 radical (unpaired) electrons. The fourth-order valence-electron chi connectivity index (χ4n) is 2.24. The molecule has 1 aliphatic rings. The van der Waals surface area contributed by atoms with E-state index >= 15 is 0 Å². The van der Waals surface area contributed by atoms with Crippen LogP contribution in [0.4, 0.5) is 0 Å². The fourth-order valence-corrected chi connectivity index (χ4v) is 2.24. The van der Waals surface area contributed by atoms with Gasteiger partial charge in [-0.3, -0.25) is 4.98 Å². The molecule has 0 saturated heterocycles. The van der Waals surface area contributed by atoms with Crippen molar-refractivity contribution < 1.29 is 0 Å². The maximum absolute atomic E-state index is 6.20. The van der Waals surface area contributed by atoms with Gasteiger partial charge in [0.15, 0.2) is 0 Å². The third-order valence-electron chi connectivity index (χ3n) is 3.41. The first-order valence-electron chi connectivity index (χ1n) is 5.87. The molecule has 0 bridgehead atoms. The van der Waals surface area contributed by atoms with Gasteiger partial charge in [0.1, 0.15) is 0 Å². The lowest BCUT2D eigenvalue weighted by Crippen LogP contribution is -2.14. The second kappa shape index (κ2) is 3.56. The summed E-state index contributed by atoms with van der Waals surface area (Å²) in [4.78, 5) is 4.67. The van der Waals surface area contributed by atoms with Gasteiger partial charge in [0.05, 0.1) is 11.2 Å². The normalized spacial score (nSPS) is 17.6. The summed E-state index contributed by atoms with van der Waals surface area (Å²) in [5.41, 5.74) is 9.59. The molecule has 1 aromatic carbocycles. The largest absolute Gasteiger partial charge is 0.322 e. The summed E-state index contributed by atoms with van der Waals surface area (Å²) < 4.78 is 0. The average Bonchev–Trinajstić information content (AvgIpc) is 3.12. The zero-order valence-corrected chi connectivity index (χ0v) is 9.48. The van der Waals surface area contributed by atoms with Crippen molar-refractivity contribution in [2.45, 2.75) is 25.8 Å². The third-order valence-corrected chi connectivity index (χ3v) is 3.41. The molecule has 1 atom stereocenters. The molecule has 2 nitrogen and oxygen atoms in total. The molecule has 0 spiro atoms. The number of benzene rings is 1. The van der Waals surface area contributed by atoms with Gasteiger partial charge < -0.3 is 5.73 Å². The summed E-state index contributed by atoms with van der Waals surface area (Å²) in [5.74, 6) is 0.660. The van der Waals surface area contributed by atoms with Gasteiger partial charge in [-0.15, -0.1) is 0 Å². The number of rotatable bonds is 2. The monoisotopic (exact) mass is 212 g/mol. The minimum absolute atomic E-state index is 0.128. The lowest BCUT2D eigenvalue weighted by atomic mass is 10.0. The molecule has 1 aliphatic carbocycles. The summed E-state index contributed by atoms with van der Waals surface area (Å²) in [6.45, 7) is 2.13. The molecule has 1 fully saturated rings. The molecule has 2 N–H and O–H groups in total. The Labute approximate surface area is 95.5 Å². The van der Waals surface area contributed by atoms with E-state index in [2.05, 4.69) is 36.2 Å². The molecule has 0 aliphatic heterocycles. The number of hydrogen-bond donors (Lipinski definition) is 1. The van der Waals surface area contributed by atoms with E-state index in [1.54, 1.807) is 0 Å². The predicted octanol–water partition coefficient (Wildman–Crippen LogP) is 2.95. The predicted molar refractivity (Wildman–Crippen MR) is 66.1 cm³/mol. The Hall–Kier alpha value is -1.41. The molecular formula is C14H16N2. The minimum Gasteiger partial charge on any atom is -0.322 e. The molecule has 2 aromatic rings. The highest BCUT2D eigenvalue weighted by Gasteiger charge is 2.30. The Bertz CT molecular complexity index is 529. The van der Waals surface area contributed by atoms with Crippen molar-refractivity contribution in [3.8, 4) is 0 Å². The van der Waals surface area contributed by atoms with Crippen molar-refractivity contribution in [2.75, 3.05) is 0 Å². The molecule has 2 heteroatoms. The molecule has 0 unspecified atom stereocenters. The smallest absolute Gasteiger partial charge is 0.0708 e. The zero-order chi connectivity index (χ0) is 11.1. The Kier molecular flexibility index (Phi) is 2.18. The summed E-state index contributed by atoms with van der Waals surface area (Å²) in [5, 5.41) is 1.23. The van der Waals surface area contributed by atoms with Crippen LogP contribution < -0.4 is 5.73 Å². The Morgan fingerprint density at radius 3 is 2.81 bits per heavy atom. The van der Waals surface area contributed by atoms with Crippen molar-refractivity contribution in [1.82, 2.24) is 4.98 Å². The first kappa shape index (κ1) is 9.79. The number of pyridine rings is 1. The van der Waals surface area contributed by atoms with Crippen molar-refractivity contribution in [2.24, 2.45) is 11.7 Å². The molecule has 1 heterocycles. The van der Waals surface area contributed by atoms with E-state index in [9.17, 15) is 0 Å². The van der Waals surface area contributed by atoms with Crippen LogP contribution in [-0.4, -0.2) is 4.98 Å². The first-order valence-corrected chi connectivity index (χ1v) is 5.87. The number of hydrogen-bond acceptors (Lipinski definition) is 2. The van der Waals surface area contributed by atoms with Gasteiger partial charge in [-0.2, -0.15) is 0 Å². The number of aryl methyl sites for hydroxylation is 1. The molecule has 16 heavy (non-hydrogen) atoms. The summed E-state index contributed by atoms with van der Waals surface area (Å²) >= 11 is 0. The molecule has 0 amide bonds. The van der Waals surface area contributed by atoms with Crippen LogP contribution in [0.25, 0.3) is 10.9 Å². The van der Waals surface area contributed by atoms with Crippen molar-refractivity contribution in [3.63, 3.8) is 0 Å². The standard InChI is InChI=1S/C14H16N2/c1-9-8-13(14(15)10-6-7-10)16-12-5-3-2-4-11(9)12/h2-5,8,10,14H,6-7,15H2,1H3/t14-/m0/s1. The van der Waals surface area contributed by atoms with Gasteiger partial charge in [0, 0.05) is 11.4 Å². The number of fused-ring (bicyclic) bond motifs is 1. The van der Waals surface area contributed by atoms with Gasteiger partial charge in [-0.05, 0) is 43.4 Å². The fraction of sp³-hybridized carbons (Fsp3) is 0.357. The summed E-state index contributed by atoms with van der Waals surface area (Å²) in [6, 6.07) is 10.5. The van der Waals surface area contributed by atoms with E-state index in [1.807, 2.05) is 6.07 Å². The quantitative estimate of drug-likeness (QED) is 0.831. The number of aromatic nitrogens is 1. The van der Waals surface area contributed by atoms with Crippen molar-refractivity contribution in [3.05, 3.63) is 41.6 Å². The molecule has 3 rings (SSSR count). The van der Waals surface area contributed by atoms with Crippen LogP contribution in [0, 0.1) is 12.8 Å². The van der Waals surface area contributed by atoms with Gasteiger partial charge in [0.2, 0.25) is 0 Å². The van der Waals surface area contributed by atoms with Crippen LogP contribution in [0.5, 0.6) is 0 Å². The minimum atomic E-state index is 0.128. The van der Waals surface area contributed by atoms with Gasteiger partial charge >= 0.3 is 0 Å². The van der Waals surface area contributed by atoms with E-state index < -0.39 is 0 Å². The SMILES string of the molecule is Cc1cc([C@@H](N)C2CC2)nc2ccccc12. The second-order valence-electron chi connectivity index (χ2n) is 4.74. The van der Waals surface area contributed by atoms with E-state index in [4.69, 9.17) is 5.73 Å². The molecule has 1 aromatic heterocycles. The maximum Gasteiger partial charge on any atom is 0.0708 e. The van der Waals surface area contributed by atoms with E-state index in [-0.39, 0.29) is 6.04 Å². The maximum atomic E-state index is 6.20. The Morgan fingerprint density at radius 2 is 2.06 bits per heavy atom. The second-order valence-corrected chi connectivity index (χ2v) is 4.74. The Balaban J connectivity index is 2.12. The van der Waals surface area contributed by atoms with Crippen molar-refractivity contribution >= 4 is 10.9 Å². The van der Waals surface area contributed by atoms with Crippen LogP contribution in [0.2, 0.25) is 0 Å². The lowest BCUT2D eigenvalue weighted by Gasteiger charge is -2.12. The number of para-hydroxylation sites is 1. The van der Waals surface area contributed by atoms with E-state index in [1.165, 1.54) is 23.8 Å². The summed E-state index contributed by atoms with van der Waals surface area (Å²) in [7, 11) is 0. The van der Waals surface area contributed by atoms with E-state index in [0.29, 0.717) is 5.92 Å². The first-order chi connectivity index (χ1) is 7.75. The van der Waals surface area contributed by atoms with Gasteiger partial charge in [0.25, 0.3) is 0 Å². The number of nitrogens with two attached hydrogens (primary N) is 1. The highest BCUT2D eigenvalue weighted by molar-refractivity contribution is 5.82. The lowest BCUT2D eigenvalue weighted by molar-refractivity contribution is 0.617. The highest BCUT2D eigenvalue weighted by atomic mass is 14.8. The zero-order valence-electron chi connectivity index (χ0n) is 9.48. The van der Waals surface area contributed by atoms with Gasteiger partial charge in [-0.25, -0.2) is 0 Å². The van der Waals surface area contributed by atoms with Gasteiger partial charge in [-0.1, -0.05) is 18.2 Å². The molecular weight excluding hydrogens is 196 g/mol. The molecule has 82 valence electrons. The van der Waals surface area contributed by atoms with Crippen LogP contribution >= 0.6 is 0 Å². The van der Waals surface area contributed by atoms with Crippen LogP contribution in [0.3, 0.4) is 0 Å². The summed E-state index contributed by atoms with van der Waals surface area (Å²) in [6.07, 6.45) is 2.52. The third kappa shape index (κ3) is 1.59. The topological polar surface area (TPSA) is 38.9 Å². The van der Waals surface area contributed by atoms with Crippen LogP contribution in [0.15, 0.2) is 30.3 Å². The van der Waals surface area contributed by atoms with Crippen LogP contribution in [0.1, 0.15) is 30.1 Å². The number of nitrogens with zero attached hydrogens (tertiary/aromatic N) is 1. The average molecular weight is 212 g/mol. The Morgan fingerprint density at radius 1 is 1.31 bits per heavy atom. The van der Waals surface area contributed by atoms with E-state index in [0.717, 1.165) is 11.2 Å². The molecule has 1 saturated carbocycles. The van der Waals surface area contributed by atoms with Crippen LogP contribution in [-0.2, 0) is 0 Å². The highest BCUT2D eigenvalue weighted by Crippen LogP contribution is 2.39.